The van der Waals surface area contributed by atoms with Gasteiger partial charge in [0, 0.05) is 13.1 Å². The van der Waals surface area contributed by atoms with Crippen molar-refractivity contribution in [1.29, 1.82) is 0 Å². The summed E-state index contributed by atoms with van der Waals surface area (Å²) in [7, 11) is 0. The van der Waals surface area contributed by atoms with E-state index in [0.29, 0.717) is 19.7 Å². The van der Waals surface area contributed by atoms with Crippen LogP contribution in [0.25, 0.3) is 0 Å². The largest absolute Gasteiger partial charge is 0.394 e. The van der Waals surface area contributed by atoms with Gasteiger partial charge in [0.1, 0.15) is 6.33 Å². The Morgan fingerprint density at radius 3 is 2.63 bits per heavy atom. The van der Waals surface area contributed by atoms with Crippen LogP contribution in [0.3, 0.4) is 0 Å². The fourth-order valence-electron chi connectivity index (χ4n) is 1.39. The number of hydrogen-bond acceptors (Lipinski definition) is 8. The maximum atomic E-state index is 11.0. The van der Waals surface area contributed by atoms with E-state index < -0.39 is 4.92 Å². The summed E-state index contributed by atoms with van der Waals surface area (Å²) < 4.78 is 5.04. The van der Waals surface area contributed by atoms with Gasteiger partial charge in [-0.15, -0.1) is 0 Å². The van der Waals surface area contributed by atoms with Crippen LogP contribution in [-0.2, 0) is 4.74 Å². The third kappa shape index (κ3) is 4.64. The SMILES string of the molecule is CCNc1ncnc(NCCOCCO)c1[N+](=O)[O-]. The summed E-state index contributed by atoms with van der Waals surface area (Å²) in [5, 5.41) is 25.2. The van der Waals surface area contributed by atoms with E-state index in [9.17, 15) is 10.1 Å². The molecule has 1 rings (SSSR count). The fourth-order valence-corrected chi connectivity index (χ4v) is 1.39. The lowest BCUT2D eigenvalue weighted by Gasteiger charge is -2.09. The van der Waals surface area contributed by atoms with Gasteiger partial charge in [0.2, 0.25) is 11.6 Å². The van der Waals surface area contributed by atoms with Crippen molar-refractivity contribution in [2.45, 2.75) is 6.92 Å². The molecule has 0 saturated carbocycles. The molecular formula is C10H17N5O4. The van der Waals surface area contributed by atoms with Crippen molar-refractivity contribution in [2.75, 3.05) is 43.5 Å². The average molecular weight is 271 g/mol. The van der Waals surface area contributed by atoms with Crippen molar-refractivity contribution < 1.29 is 14.8 Å². The van der Waals surface area contributed by atoms with E-state index in [4.69, 9.17) is 9.84 Å². The van der Waals surface area contributed by atoms with Crippen LogP contribution in [0.4, 0.5) is 17.3 Å². The number of aromatic nitrogens is 2. The second kappa shape index (κ2) is 8.16. The van der Waals surface area contributed by atoms with Crippen LogP contribution < -0.4 is 10.6 Å². The predicted molar refractivity (Wildman–Crippen MR) is 69.2 cm³/mol. The molecule has 0 spiro atoms. The lowest BCUT2D eigenvalue weighted by Crippen LogP contribution is -2.14. The third-order valence-electron chi connectivity index (χ3n) is 2.12. The van der Waals surface area contributed by atoms with Crippen molar-refractivity contribution in [1.82, 2.24) is 9.97 Å². The topological polar surface area (TPSA) is 122 Å². The Bertz CT molecular complexity index is 415. The number of rotatable bonds is 9. The Balaban J connectivity index is 2.70. The molecule has 0 unspecified atom stereocenters. The second-order valence-electron chi connectivity index (χ2n) is 3.47. The van der Waals surface area contributed by atoms with Crippen LogP contribution >= 0.6 is 0 Å². The molecule has 0 aliphatic carbocycles. The van der Waals surface area contributed by atoms with E-state index in [1.54, 1.807) is 0 Å². The molecule has 0 bridgehead atoms. The Morgan fingerprint density at radius 2 is 2.05 bits per heavy atom. The first-order valence-corrected chi connectivity index (χ1v) is 5.86. The van der Waals surface area contributed by atoms with E-state index in [0.717, 1.165) is 0 Å². The number of hydrogen-bond donors (Lipinski definition) is 3. The number of aliphatic hydroxyl groups is 1. The molecular weight excluding hydrogens is 254 g/mol. The Morgan fingerprint density at radius 1 is 1.37 bits per heavy atom. The van der Waals surface area contributed by atoms with Crippen LogP contribution in [0.1, 0.15) is 6.92 Å². The van der Waals surface area contributed by atoms with Gasteiger partial charge in [0.15, 0.2) is 0 Å². The second-order valence-corrected chi connectivity index (χ2v) is 3.47. The zero-order chi connectivity index (χ0) is 14.1. The summed E-state index contributed by atoms with van der Waals surface area (Å²) in [4.78, 5) is 18.2. The number of ether oxygens (including phenoxy) is 1. The van der Waals surface area contributed by atoms with E-state index >= 15 is 0 Å². The average Bonchev–Trinajstić information content (AvgIpc) is 2.38. The van der Waals surface area contributed by atoms with Gasteiger partial charge in [-0.3, -0.25) is 10.1 Å². The normalized spacial score (nSPS) is 10.2. The van der Waals surface area contributed by atoms with Gasteiger partial charge >= 0.3 is 5.69 Å². The van der Waals surface area contributed by atoms with Gasteiger partial charge in [-0.25, -0.2) is 9.97 Å². The summed E-state index contributed by atoms with van der Waals surface area (Å²) in [6.07, 6.45) is 1.25. The summed E-state index contributed by atoms with van der Waals surface area (Å²) >= 11 is 0. The van der Waals surface area contributed by atoms with Crippen LogP contribution in [0, 0.1) is 10.1 Å². The van der Waals surface area contributed by atoms with Gasteiger partial charge in [0.25, 0.3) is 0 Å². The summed E-state index contributed by atoms with van der Waals surface area (Å²) in [5.41, 5.74) is -0.188. The molecule has 0 aliphatic heterocycles. The summed E-state index contributed by atoms with van der Waals surface area (Å²) in [5.74, 6) is 0.324. The Kier molecular flexibility index (Phi) is 6.47. The molecule has 0 amide bonds. The van der Waals surface area contributed by atoms with Crippen molar-refractivity contribution in [3.63, 3.8) is 0 Å². The number of anilines is 2. The van der Waals surface area contributed by atoms with Crippen LogP contribution in [0.15, 0.2) is 6.33 Å². The van der Waals surface area contributed by atoms with Gasteiger partial charge in [-0.2, -0.15) is 0 Å². The first-order chi connectivity index (χ1) is 9.20. The van der Waals surface area contributed by atoms with Crippen LogP contribution in [0.5, 0.6) is 0 Å². The highest BCUT2D eigenvalue weighted by Crippen LogP contribution is 2.28. The predicted octanol–water partition coefficient (Wildman–Crippen LogP) is 0.237. The molecule has 0 radical (unpaired) electrons. The van der Waals surface area contributed by atoms with E-state index in [-0.39, 0.29) is 30.5 Å². The summed E-state index contributed by atoms with van der Waals surface area (Å²) in [6.45, 7) is 3.19. The monoisotopic (exact) mass is 271 g/mol. The van der Waals surface area contributed by atoms with Crippen molar-refractivity contribution in [2.24, 2.45) is 0 Å². The minimum atomic E-state index is -0.533. The zero-order valence-corrected chi connectivity index (χ0v) is 10.6. The molecule has 0 atom stereocenters. The minimum absolute atomic E-state index is 0.0573. The third-order valence-corrected chi connectivity index (χ3v) is 2.12. The molecule has 9 nitrogen and oxygen atoms in total. The quantitative estimate of drug-likeness (QED) is 0.331. The van der Waals surface area contributed by atoms with Crippen molar-refractivity contribution in [3.8, 4) is 0 Å². The Labute approximate surface area is 110 Å². The van der Waals surface area contributed by atoms with Gasteiger partial charge < -0.3 is 20.5 Å². The highest BCUT2D eigenvalue weighted by molar-refractivity contribution is 5.69. The maximum Gasteiger partial charge on any atom is 0.353 e. The first kappa shape index (κ1) is 15.1. The van der Waals surface area contributed by atoms with Crippen LogP contribution in [0.2, 0.25) is 0 Å². The first-order valence-electron chi connectivity index (χ1n) is 5.86. The highest BCUT2D eigenvalue weighted by atomic mass is 16.6. The van der Waals surface area contributed by atoms with Gasteiger partial charge in [-0.1, -0.05) is 0 Å². The van der Waals surface area contributed by atoms with E-state index in [1.807, 2.05) is 6.92 Å². The minimum Gasteiger partial charge on any atom is -0.394 e. The standard InChI is InChI=1S/C10H17N5O4/c1-2-11-9-8(15(17)18)10(14-7-13-9)12-3-5-19-6-4-16/h7,16H,2-6H2,1H3,(H2,11,12,13,14). The summed E-state index contributed by atoms with van der Waals surface area (Å²) in [6, 6.07) is 0. The molecule has 0 fully saturated rings. The molecule has 0 saturated heterocycles. The zero-order valence-electron chi connectivity index (χ0n) is 10.6. The smallest absolute Gasteiger partial charge is 0.353 e. The number of aliphatic hydroxyl groups excluding tert-OH is 1. The number of nitro groups is 1. The van der Waals surface area contributed by atoms with Crippen molar-refractivity contribution in [3.05, 3.63) is 16.4 Å². The molecule has 1 heterocycles. The molecule has 1 aromatic rings. The lowest BCUT2D eigenvalue weighted by molar-refractivity contribution is -0.383. The molecule has 3 N–H and O–H groups in total. The van der Waals surface area contributed by atoms with Crippen molar-refractivity contribution >= 4 is 17.3 Å². The molecule has 1 aromatic heterocycles. The fraction of sp³-hybridized carbons (Fsp3) is 0.600. The number of nitrogens with zero attached hydrogens (tertiary/aromatic N) is 3. The lowest BCUT2D eigenvalue weighted by atomic mass is 10.4. The molecule has 106 valence electrons. The van der Waals surface area contributed by atoms with Crippen LogP contribution in [-0.4, -0.2) is 52.9 Å². The van der Waals surface area contributed by atoms with Gasteiger partial charge in [0.05, 0.1) is 24.7 Å². The van der Waals surface area contributed by atoms with Gasteiger partial charge in [-0.05, 0) is 6.92 Å². The maximum absolute atomic E-state index is 11.0. The highest BCUT2D eigenvalue weighted by Gasteiger charge is 2.21. The molecule has 9 heteroatoms. The number of nitrogens with one attached hydrogen (secondary N) is 2. The Hall–Kier alpha value is -2.00. The van der Waals surface area contributed by atoms with E-state index in [1.165, 1.54) is 6.33 Å². The molecule has 19 heavy (non-hydrogen) atoms. The molecule has 0 aromatic carbocycles. The van der Waals surface area contributed by atoms with E-state index in [2.05, 4.69) is 20.6 Å². The molecule has 0 aliphatic rings.